The minimum absolute atomic E-state index is 0.0585. The molecule has 0 saturated carbocycles. The third-order valence-corrected chi connectivity index (χ3v) is 5.20. The molecule has 3 rings (SSSR count). The zero-order valence-electron chi connectivity index (χ0n) is 12.9. The van der Waals surface area contributed by atoms with Crippen molar-refractivity contribution in [2.45, 2.75) is 18.6 Å². The fourth-order valence-electron chi connectivity index (χ4n) is 2.93. The Morgan fingerprint density at radius 1 is 1.22 bits per heavy atom. The molecule has 0 unspecified atom stereocenters. The zero-order valence-corrected chi connectivity index (χ0v) is 13.8. The van der Waals surface area contributed by atoms with Crippen molar-refractivity contribution in [2.24, 2.45) is 0 Å². The van der Waals surface area contributed by atoms with E-state index in [0.717, 1.165) is 24.9 Å². The second kappa shape index (κ2) is 6.62. The summed E-state index contributed by atoms with van der Waals surface area (Å²) in [6.45, 7) is 4.92. The van der Waals surface area contributed by atoms with Crippen LogP contribution in [-0.4, -0.2) is 53.4 Å². The van der Waals surface area contributed by atoms with E-state index in [9.17, 15) is 14.4 Å². The van der Waals surface area contributed by atoms with Crippen molar-refractivity contribution in [1.82, 2.24) is 10.2 Å². The van der Waals surface area contributed by atoms with Crippen LogP contribution < -0.4 is 10.2 Å². The molecule has 2 aliphatic rings. The Balaban J connectivity index is 1.54. The normalized spacial score (nSPS) is 21.5. The molecule has 3 amide bonds. The summed E-state index contributed by atoms with van der Waals surface area (Å²) in [5.41, 5.74) is 2.43. The summed E-state index contributed by atoms with van der Waals surface area (Å²) < 4.78 is 0. The fourth-order valence-corrected chi connectivity index (χ4v) is 3.74. The maximum Gasteiger partial charge on any atom is 0.286 e. The van der Waals surface area contributed by atoms with Crippen molar-refractivity contribution >= 4 is 34.5 Å². The largest absolute Gasteiger partial charge is 0.368 e. The smallest absolute Gasteiger partial charge is 0.286 e. The lowest BCUT2D eigenvalue weighted by Gasteiger charge is -2.37. The molecule has 1 aromatic rings. The number of imide groups is 1. The highest BCUT2D eigenvalue weighted by atomic mass is 32.2. The molecule has 7 heteroatoms. The predicted molar refractivity (Wildman–Crippen MR) is 89.5 cm³/mol. The molecule has 2 saturated heterocycles. The van der Waals surface area contributed by atoms with Gasteiger partial charge in [-0.2, -0.15) is 0 Å². The maximum atomic E-state index is 12.3. The Bertz CT molecular complexity index is 641. The minimum atomic E-state index is -0.579. The van der Waals surface area contributed by atoms with Gasteiger partial charge in [0, 0.05) is 38.3 Å². The summed E-state index contributed by atoms with van der Waals surface area (Å²) in [4.78, 5) is 39.1. The maximum absolute atomic E-state index is 12.3. The number of carbonyl (C=O) groups excluding carboxylic acids is 3. The quantitative estimate of drug-likeness (QED) is 0.905. The monoisotopic (exact) mass is 333 g/mol. The van der Waals surface area contributed by atoms with Crippen LogP contribution in [0, 0.1) is 6.92 Å². The Kier molecular flexibility index (Phi) is 4.56. The number of hydrogen-bond acceptors (Lipinski definition) is 5. The highest BCUT2D eigenvalue weighted by molar-refractivity contribution is 8.15. The number of piperazine rings is 1. The van der Waals surface area contributed by atoms with Crippen molar-refractivity contribution < 1.29 is 14.4 Å². The van der Waals surface area contributed by atoms with Gasteiger partial charge in [-0.05, 0) is 18.6 Å². The molecule has 2 fully saturated rings. The van der Waals surface area contributed by atoms with E-state index in [0.29, 0.717) is 13.1 Å². The van der Waals surface area contributed by atoms with Crippen molar-refractivity contribution in [2.75, 3.05) is 31.1 Å². The van der Waals surface area contributed by atoms with Crippen molar-refractivity contribution in [3.05, 3.63) is 29.8 Å². The molecule has 2 heterocycles. The number of carbonyl (C=O) groups is 3. The van der Waals surface area contributed by atoms with Crippen LogP contribution in [0.25, 0.3) is 0 Å². The van der Waals surface area contributed by atoms with Crippen LogP contribution in [0.4, 0.5) is 10.5 Å². The third kappa shape index (κ3) is 3.50. The summed E-state index contributed by atoms with van der Waals surface area (Å²) in [5, 5.41) is 1.27. The SMILES string of the molecule is Cc1ccccc1N1CCN(C(=O)C[C@@H]2SC(=O)NC2=O)CC1. The van der Waals surface area contributed by atoms with E-state index in [4.69, 9.17) is 0 Å². The number of thioether (sulfide) groups is 1. The number of anilines is 1. The standard InChI is InChI=1S/C16H19N3O3S/c1-11-4-2-3-5-12(11)18-6-8-19(9-7-18)14(20)10-13-15(21)17-16(22)23-13/h2-5,13H,6-10H2,1H3,(H,17,21,22)/t13-/m0/s1. The van der Waals surface area contributed by atoms with Gasteiger partial charge in [0.25, 0.3) is 5.24 Å². The summed E-state index contributed by atoms with van der Waals surface area (Å²) in [5.74, 6) is -0.413. The van der Waals surface area contributed by atoms with Crippen LogP contribution >= 0.6 is 11.8 Å². The van der Waals surface area contributed by atoms with Crippen LogP contribution in [0.1, 0.15) is 12.0 Å². The van der Waals surface area contributed by atoms with E-state index in [-0.39, 0.29) is 23.5 Å². The van der Waals surface area contributed by atoms with Gasteiger partial charge in [-0.15, -0.1) is 0 Å². The molecule has 0 aliphatic carbocycles. The lowest BCUT2D eigenvalue weighted by Crippen LogP contribution is -2.49. The molecule has 2 aliphatic heterocycles. The molecule has 0 aromatic heterocycles. The molecular weight excluding hydrogens is 314 g/mol. The number of nitrogens with zero attached hydrogens (tertiary/aromatic N) is 2. The Hall–Kier alpha value is -2.02. The van der Waals surface area contributed by atoms with E-state index in [1.54, 1.807) is 4.90 Å². The Morgan fingerprint density at radius 2 is 1.91 bits per heavy atom. The number of rotatable bonds is 3. The highest BCUT2D eigenvalue weighted by Crippen LogP contribution is 2.24. The number of aryl methyl sites for hydroxylation is 1. The van der Waals surface area contributed by atoms with Gasteiger partial charge in [0.1, 0.15) is 5.25 Å². The van der Waals surface area contributed by atoms with Gasteiger partial charge in [-0.25, -0.2) is 0 Å². The Labute approximate surface area is 139 Å². The summed E-state index contributed by atoms with van der Waals surface area (Å²) in [7, 11) is 0. The van der Waals surface area contributed by atoms with Gasteiger partial charge in [-0.1, -0.05) is 30.0 Å². The van der Waals surface area contributed by atoms with Gasteiger partial charge >= 0.3 is 0 Å². The highest BCUT2D eigenvalue weighted by Gasteiger charge is 2.35. The lowest BCUT2D eigenvalue weighted by atomic mass is 10.1. The number of para-hydroxylation sites is 1. The average molecular weight is 333 g/mol. The number of hydrogen-bond donors (Lipinski definition) is 1. The van der Waals surface area contributed by atoms with Gasteiger partial charge in [0.05, 0.1) is 0 Å². The van der Waals surface area contributed by atoms with Gasteiger partial charge in [-0.3, -0.25) is 19.7 Å². The summed E-state index contributed by atoms with van der Waals surface area (Å²) >= 11 is 0.908. The van der Waals surface area contributed by atoms with Crippen LogP contribution in [0.2, 0.25) is 0 Å². The predicted octanol–water partition coefficient (Wildman–Crippen LogP) is 1.39. The first-order valence-corrected chi connectivity index (χ1v) is 8.52. The first kappa shape index (κ1) is 15.9. The van der Waals surface area contributed by atoms with E-state index in [1.807, 2.05) is 12.1 Å². The van der Waals surface area contributed by atoms with E-state index >= 15 is 0 Å². The minimum Gasteiger partial charge on any atom is -0.368 e. The molecule has 122 valence electrons. The molecule has 1 aromatic carbocycles. The zero-order chi connectivity index (χ0) is 16.4. The molecule has 0 bridgehead atoms. The Morgan fingerprint density at radius 3 is 2.52 bits per heavy atom. The molecule has 1 N–H and O–H groups in total. The number of amides is 3. The van der Waals surface area contributed by atoms with Crippen LogP contribution in [0.15, 0.2) is 24.3 Å². The average Bonchev–Trinajstić information content (AvgIpc) is 2.85. The molecular formula is C16H19N3O3S. The second-order valence-electron chi connectivity index (χ2n) is 5.74. The molecule has 0 spiro atoms. The van der Waals surface area contributed by atoms with Crippen LogP contribution in [0.3, 0.4) is 0 Å². The van der Waals surface area contributed by atoms with Crippen molar-refractivity contribution in [1.29, 1.82) is 0 Å². The topological polar surface area (TPSA) is 69.7 Å². The van der Waals surface area contributed by atoms with Crippen molar-refractivity contribution in [3.63, 3.8) is 0 Å². The lowest BCUT2D eigenvalue weighted by molar-refractivity contribution is -0.133. The van der Waals surface area contributed by atoms with Gasteiger partial charge in [0.2, 0.25) is 11.8 Å². The van der Waals surface area contributed by atoms with Crippen LogP contribution in [-0.2, 0) is 9.59 Å². The first-order valence-electron chi connectivity index (χ1n) is 7.64. The van der Waals surface area contributed by atoms with Crippen LogP contribution in [0.5, 0.6) is 0 Å². The summed E-state index contributed by atoms with van der Waals surface area (Å²) in [6, 6.07) is 8.22. The van der Waals surface area contributed by atoms with E-state index in [1.165, 1.54) is 11.3 Å². The third-order valence-electron chi connectivity index (χ3n) is 4.22. The number of nitrogens with one attached hydrogen (secondary N) is 1. The van der Waals surface area contributed by atoms with Crippen molar-refractivity contribution in [3.8, 4) is 0 Å². The molecule has 23 heavy (non-hydrogen) atoms. The molecule has 0 radical (unpaired) electrons. The van der Waals surface area contributed by atoms with Gasteiger partial charge < -0.3 is 9.80 Å². The molecule has 6 nitrogen and oxygen atoms in total. The molecule has 1 atom stereocenters. The number of benzene rings is 1. The van der Waals surface area contributed by atoms with E-state index in [2.05, 4.69) is 29.3 Å². The second-order valence-corrected chi connectivity index (χ2v) is 6.92. The fraction of sp³-hybridized carbons (Fsp3) is 0.438. The summed E-state index contributed by atoms with van der Waals surface area (Å²) in [6.07, 6.45) is 0.0899. The first-order chi connectivity index (χ1) is 11.0. The van der Waals surface area contributed by atoms with E-state index < -0.39 is 5.25 Å². The van der Waals surface area contributed by atoms with Gasteiger partial charge in [0.15, 0.2) is 0 Å².